The fourth-order valence-electron chi connectivity index (χ4n) is 2.57. The summed E-state index contributed by atoms with van der Waals surface area (Å²) in [6, 6.07) is 11.1. The third-order valence-electron chi connectivity index (χ3n) is 3.83. The molecule has 0 unspecified atom stereocenters. The molecule has 4 heteroatoms. The minimum absolute atomic E-state index is 0.0973. The number of benzene rings is 1. The molecule has 0 spiro atoms. The molecule has 2 N–H and O–H groups in total. The molecule has 1 heterocycles. The first kappa shape index (κ1) is 12.5. The van der Waals surface area contributed by atoms with E-state index < -0.39 is 0 Å². The molecule has 1 saturated heterocycles. The van der Waals surface area contributed by atoms with Crippen LogP contribution in [-0.2, 0) is 6.54 Å². The summed E-state index contributed by atoms with van der Waals surface area (Å²) in [7, 11) is 0. The Labute approximate surface area is 114 Å². The predicted molar refractivity (Wildman–Crippen MR) is 74.8 cm³/mol. The van der Waals surface area contributed by atoms with E-state index >= 15 is 0 Å². The monoisotopic (exact) mass is 259 g/mol. The van der Waals surface area contributed by atoms with Crippen LogP contribution in [0.4, 0.5) is 4.79 Å². The molecule has 2 aliphatic rings. The Hall–Kier alpha value is -1.55. The van der Waals surface area contributed by atoms with Gasteiger partial charge in [0.25, 0.3) is 0 Å². The summed E-state index contributed by atoms with van der Waals surface area (Å²) in [5.74, 6) is 0. The molecule has 19 heavy (non-hydrogen) atoms. The van der Waals surface area contributed by atoms with E-state index in [1.807, 2.05) is 23.1 Å². The second-order valence-electron chi connectivity index (χ2n) is 5.48. The number of urea groups is 1. The van der Waals surface area contributed by atoms with Crippen LogP contribution in [0, 0.1) is 0 Å². The van der Waals surface area contributed by atoms with E-state index in [1.54, 1.807) is 0 Å². The molecule has 1 aromatic carbocycles. The largest absolute Gasteiger partial charge is 0.334 e. The minimum Gasteiger partial charge on any atom is -0.334 e. The molecule has 0 bridgehead atoms. The topological polar surface area (TPSA) is 44.4 Å². The van der Waals surface area contributed by atoms with Gasteiger partial charge in [-0.15, -0.1) is 0 Å². The highest BCUT2D eigenvalue weighted by Crippen LogP contribution is 2.28. The molecule has 102 valence electrons. The zero-order chi connectivity index (χ0) is 13.1. The lowest BCUT2D eigenvalue weighted by Gasteiger charge is -2.25. The van der Waals surface area contributed by atoms with E-state index in [-0.39, 0.29) is 6.03 Å². The number of carbonyl (C=O) groups excluding carboxylic acids is 1. The van der Waals surface area contributed by atoms with Crippen LogP contribution in [0.15, 0.2) is 30.3 Å². The lowest BCUT2D eigenvalue weighted by molar-refractivity contribution is 0.188. The lowest BCUT2D eigenvalue weighted by Crippen LogP contribution is -2.46. The maximum atomic E-state index is 12.4. The van der Waals surface area contributed by atoms with Gasteiger partial charge in [0.15, 0.2) is 0 Å². The summed E-state index contributed by atoms with van der Waals surface area (Å²) in [6.07, 6.45) is 3.32. The number of hydrogen-bond acceptors (Lipinski definition) is 2. The van der Waals surface area contributed by atoms with E-state index in [0.717, 1.165) is 38.9 Å². The molecule has 4 nitrogen and oxygen atoms in total. The van der Waals surface area contributed by atoms with Crippen LogP contribution in [0.25, 0.3) is 0 Å². The van der Waals surface area contributed by atoms with Crippen molar-refractivity contribution in [2.75, 3.05) is 13.1 Å². The van der Waals surface area contributed by atoms with Gasteiger partial charge in [0.2, 0.25) is 0 Å². The molecule has 1 atom stereocenters. The number of hydrogen-bond donors (Lipinski definition) is 2. The molecule has 3 rings (SSSR count). The van der Waals surface area contributed by atoms with Crippen LogP contribution in [0.1, 0.15) is 24.8 Å². The third-order valence-corrected chi connectivity index (χ3v) is 3.83. The third kappa shape index (κ3) is 3.26. The average molecular weight is 259 g/mol. The van der Waals surface area contributed by atoms with Crippen molar-refractivity contribution in [3.63, 3.8) is 0 Å². The van der Waals surface area contributed by atoms with Gasteiger partial charge in [-0.2, -0.15) is 0 Å². The minimum atomic E-state index is 0.0973. The van der Waals surface area contributed by atoms with Gasteiger partial charge >= 0.3 is 6.03 Å². The Bertz CT molecular complexity index is 424. The Morgan fingerprint density at radius 1 is 1.26 bits per heavy atom. The van der Waals surface area contributed by atoms with Crippen molar-refractivity contribution in [1.29, 1.82) is 0 Å². The van der Waals surface area contributed by atoms with Gasteiger partial charge in [-0.25, -0.2) is 4.79 Å². The summed E-state index contributed by atoms with van der Waals surface area (Å²) >= 11 is 0. The van der Waals surface area contributed by atoms with Crippen molar-refractivity contribution in [1.82, 2.24) is 15.5 Å². The normalized spacial score (nSPS) is 22.2. The molecule has 0 aromatic heterocycles. The number of carbonyl (C=O) groups is 1. The predicted octanol–water partition coefficient (Wildman–Crippen LogP) is 1.72. The van der Waals surface area contributed by atoms with Crippen LogP contribution in [0.5, 0.6) is 0 Å². The Balaban J connectivity index is 1.61. The smallest absolute Gasteiger partial charge is 0.318 e. The molecular weight excluding hydrogens is 238 g/mol. The number of rotatable bonds is 4. The zero-order valence-electron chi connectivity index (χ0n) is 11.1. The van der Waals surface area contributed by atoms with Crippen molar-refractivity contribution >= 4 is 6.03 Å². The van der Waals surface area contributed by atoms with Gasteiger partial charge in [0, 0.05) is 25.2 Å². The second kappa shape index (κ2) is 5.61. The van der Waals surface area contributed by atoms with Crippen molar-refractivity contribution < 1.29 is 4.79 Å². The quantitative estimate of drug-likeness (QED) is 0.865. The second-order valence-corrected chi connectivity index (χ2v) is 5.48. The van der Waals surface area contributed by atoms with E-state index in [2.05, 4.69) is 22.8 Å². The molecule has 2 amide bonds. The van der Waals surface area contributed by atoms with E-state index in [1.165, 1.54) is 5.56 Å². The van der Waals surface area contributed by atoms with E-state index in [0.29, 0.717) is 12.1 Å². The lowest BCUT2D eigenvalue weighted by atomic mass is 10.2. The molecule has 1 saturated carbocycles. The van der Waals surface area contributed by atoms with Crippen LogP contribution in [0.3, 0.4) is 0 Å². The molecule has 2 fully saturated rings. The van der Waals surface area contributed by atoms with Crippen LogP contribution in [-0.4, -0.2) is 36.1 Å². The summed E-state index contributed by atoms with van der Waals surface area (Å²) in [5.41, 5.74) is 1.20. The van der Waals surface area contributed by atoms with Crippen LogP contribution >= 0.6 is 0 Å². The molecule has 1 aliphatic carbocycles. The first-order valence-corrected chi connectivity index (χ1v) is 7.15. The van der Waals surface area contributed by atoms with Gasteiger partial charge in [-0.3, -0.25) is 0 Å². The molecule has 1 aromatic rings. The highest BCUT2D eigenvalue weighted by molar-refractivity contribution is 5.75. The first-order valence-electron chi connectivity index (χ1n) is 7.15. The standard InChI is InChI=1S/C15H21N3O/c19-15(17-13-8-9-16-10-13)18(14-6-7-14)11-12-4-2-1-3-5-12/h1-5,13-14,16H,6-11H2,(H,17,19)/t13-/m1/s1. The van der Waals surface area contributed by atoms with Crippen molar-refractivity contribution in [3.05, 3.63) is 35.9 Å². The number of amides is 2. The van der Waals surface area contributed by atoms with Crippen molar-refractivity contribution in [2.45, 2.75) is 37.9 Å². The Kier molecular flexibility index (Phi) is 3.69. The maximum Gasteiger partial charge on any atom is 0.318 e. The van der Waals surface area contributed by atoms with E-state index in [4.69, 9.17) is 0 Å². The number of nitrogens with zero attached hydrogens (tertiary/aromatic N) is 1. The average Bonchev–Trinajstić information content (AvgIpc) is 3.15. The highest BCUT2D eigenvalue weighted by Gasteiger charge is 2.33. The number of nitrogens with one attached hydrogen (secondary N) is 2. The SMILES string of the molecule is O=C(N[C@@H]1CCNC1)N(Cc1ccccc1)C1CC1. The van der Waals surface area contributed by atoms with E-state index in [9.17, 15) is 4.79 Å². The van der Waals surface area contributed by atoms with Gasteiger partial charge in [-0.05, 0) is 31.4 Å². The molecular formula is C15H21N3O. The molecule has 1 aliphatic heterocycles. The zero-order valence-corrected chi connectivity index (χ0v) is 11.1. The van der Waals surface area contributed by atoms with Crippen molar-refractivity contribution in [2.24, 2.45) is 0 Å². The summed E-state index contributed by atoms with van der Waals surface area (Å²) in [5, 5.41) is 6.42. The summed E-state index contributed by atoms with van der Waals surface area (Å²) in [6.45, 7) is 2.63. The van der Waals surface area contributed by atoms with Gasteiger partial charge < -0.3 is 15.5 Å². The summed E-state index contributed by atoms with van der Waals surface area (Å²) < 4.78 is 0. The highest BCUT2D eigenvalue weighted by atomic mass is 16.2. The fraction of sp³-hybridized carbons (Fsp3) is 0.533. The Morgan fingerprint density at radius 2 is 2.05 bits per heavy atom. The maximum absolute atomic E-state index is 12.4. The summed E-state index contributed by atoms with van der Waals surface area (Å²) in [4.78, 5) is 14.4. The van der Waals surface area contributed by atoms with Crippen molar-refractivity contribution in [3.8, 4) is 0 Å². The van der Waals surface area contributed by atoms with Crippen LogP contribution < -0.4 is 10.6 Å². The first-order chi connectivity index (χ1) is 9.33. The Morgan fingerprint density at radius 3 is 2.68 bits per heavy atom. The fourth-order valence-corrected chi connectivity index (χ4v) is 2.57. The molecule has 0 radical (unpaired) electrons. The van der Waals surface area contributed by atoms with Gasteiger partial charge in [0.05, 0.1) is 0 Å². The van der Waals surface area contributed by atoms with Gasteiger partial charge in [0.1, 0.15) is 0 Å². The van der Waals surface area contributed by atoms with Gasteiger partial charge in [-0.1, -0.05) is 30.3 Å². The van der Waals surface area contributed by atoms with Crippen LogP contribution in [0.2, 0.25) is 0 Å².